The van der Waals surface area contributed by atoms with Crippen LogP contribution in [0.4, 0.5) is 4.39 Å². The lowest BCUT2D eigenvalue weighted by Crippen LogP contribution is -2.29. The second-order valence-electron chi connectivity index (χ2n) is 5.81. The molecule has 0 saturated heterocycles. The molecule has 1 heterocycles. The Morgan fingerprint density at radius 1 is 1.17 bits per heavy atom. The van der Waals surface area contributed by atoms with E-state index in [9.17, 15) is 9.18 Å². The van der Waals surface area contributed by atoms with Crippen LogP contribution in [0.15, 0.2) is 54.7 Å². The summed E-state index contributed by atoms with van der Waals surface area (Å²) in [6, 6.07) is 14.2. The number of para-hydroxylation sites is 1. The van der Waals surface area contributed by atoms with Gasteiger partial charge in [0, 0.05) is 29.6 Å². The van der Waals surface area contributed by atoms with Crippen molar-refractivity contribution < 1.29 is 9.18 Å². The fraction of sp³-hybridized carbons (Fsp3) is 0.211. The Labute approximate surface area is 134 Å². The van der Waals surface area contributed by atoms with Crippen molar-refractivity contribution in [2.45, 2.75) is 19.9 Å². The maximum atomic E-state index is 12.9. The minimum Gasteiger partial charge on any atom is -0.361 e. The quantitative estimate of drug-likeness (QED) is 0.739. The molecule has 1 unspecified atom stereocenters. The van der Waals surface area contributed by atoms with Crippen molar-refractivity contribution in [1.82, 2.24) is 10.3 Å². The molecule has 0 fully saturated rings. The summed E-state index contributed by atoms with van der Waals surface area (Å²) in [5.74, 6) is -0.401. The number of benzene rings is 2. The van der Waals surface area contributed by atoms with Crippen LogP contribution in [0.5, 0.6) is 0 Å². The third kappa shape index (κ3) is 3.59. The zero-order valence-corrected chi connectivity index (χ0v) is 13.0. The first-order chi connectivity index (χ1) is 11.1. The molecule has 2 aromatic carbocycles. The summed E-state index contributed by atoms with van der Waals surface area (Å²) in [6.07, 6.45) is 2.65. The Morgan fingerprint density at radius 2 is 1.91 bits per heavy atom. The number of carbonyl (C=O) groups is 1. The van der Waals surface area contributed by atoms with E-state index in [0.717, 1.165) is 22.0 Å². The SMILES string of the molecule is CC(Cc1c[nH]c2ccccc12)C(=O)NCc1ccc(F)cc1. The first kappa shape index (κ1) is 15.3. The summed E-state index contributed by atoms with van der Waals surface area (Å²) in [6.45, 7) is 2.33. The summed E-state index contributed by atoms with van der Waals surface area (Å²) in [7, 11) is 0. The topological polar surface area (TPSA) is 44.9 Å². The summed E-state index contributed by atoms with van der Waals surface area (Å²) in [5.41, 5.74) is 3.12. The Kier molecular flexibility index (Phi) is 4.42. The van der Waals surface area contributed by atoms with Gasteiger partial charge in [-0.05, 0) is 35.7 Å². The zero-order valence-electron chi connectivity index (χ0n) is 13.0. The number of hydrogen-bond acceptors (Lipinski definition) is 1. The number of H-pyrrole nitrogens is 1. The number of carbonyl (C=O) groups excluding carboxylic acids is 1. The van der Waals surface area contributed by atoms with Crippen molar-refractivity contribution >= 4 is 16.8 Å². The molecule has 3 nitrogen and oxygen atoms in total. The lowest BCUT2D eigenvalue weighted by molar-refractivity contribution is -0.124. The lowest BCUT2D eigenvalue weighted by Gasteiger charge is -2.12. The Morgan fingerprint density at radius 3 is 2.70 bits per heavy atom. The monoisotopic (exact) mass is 310 g/mol. The van der Waals surface area contributed by atoms with Gasteiger partial charge in [-0.2, -0.15) is 0 Å². The van der Waals surface area contributed by atoms with Gasteiger partial charge in [0.05, 0.1) is 0 Å². The molecule has 0 radical (unpaired) electrons. The first-order valence-electron chi connectivity index (χ1n) is 7.70. The first-order valence-corrected chi connectivity index (χ1v) is 7.70. The van der Waals surface area contributed by atoms with Gasteiger partial charge < -0.3 is 10.3 Å². The Balaban J connectivity index is 1.60. The summed E-state index contributed by atoms with van der Waals surface area (Å²) in [4.78, 5) is 15.5. The third-order valence-corrected chi connectivity index (χ3v) is 4.03. The van der Waals surface area contributed by atoms with Crippen LogP contribution in [-0.4, -0.2) is 10.9 Å². The van der Waals surface area contributed by atoms with E-state index in [2.05, 4.69) is 16.4 Å². The van der Waals surface area contributed by atoms with Gasteiger partial charge in [-0.15, -0.1) is 0 Å². The van der Waals surface area contributed by atoms with E-state index in [1.54, 1.807) is 12.1 Å². The molecule has 0 aliphatic carbocycles. The number of nitrogens with one attached hydrogen (secondary N) is 2. The molecule has 0 bridgehead atoms. The van der Waals surface area contributed by atoms with Crippen LogP contribution >= 0.6 is 0 Å². The molecule has 3 aromatic rings. The van der Waals surface area contributed by atoms with Gasteiger partial charge in [0.25, 0.3) is 0 Å². The van der Waals surface area contributed by atoms with Crippen molar-refractivity contribution in [2.75, 3.05) is 0 Å². The molecule has 118 valence electrons. The van der Waals surface area contributed by atoms with E-state index in [1.807, 2.05) is 31.3 Å². The molecular formula is C19H19FN2O. The minimum atomic E-state index is -0.271. The van der Waals surface area contributed by atoms with Gasteiger partial charge in [0.2, 0.25) is 5.91 Å². The maximum Gasteiger partial charge on any atom is 0.223 e. The van der Waals surface area contributed by atoms with Crippen molar-refractivity contribution in [2.24, 2.45) is 5.92 Å². The van der Waals surface area contributed by atoms with Crippen molar-refractivity contribution in [3.8, 4) is 0 Å². The smallest absolute Gasteiger partial charge is 0.223 e. The van der Waals surface area contributed by atoms with E-state index in [4.69, 9.17) is 0 Å². The predicted molar refractivity (Wildman–Crippen MR) is 89.4 cm³/mol. The molecule has 1 amide bonds. The number of aromatic nitrogens is 1. The minimum absolute atomic E-state index is 0.000365. The number of rotatable bonds is 5. The van der Waals surface area contributed by atoms with Crippen molar-refractivity contribution in [3.63, 3.8) is 0 Å². The third-order valence-electron chi connectivity index (χ3n) is 4.03. The number of aromatic amines is 1. The van der Waals surface area contributed by atoms with Crippen molar-refractivity contribution in [1.29, 1.82) is 0 Å². The van der Waals surface area contributed by atoms with E-state index in [0.29, 0.717) is 13.0 Å². The molecule has 23 heavy (non-hydrogen) atoms. The van der Waals surface area contributed by atoms with Crippen LogP contribution in [0.2, 0.25) is 0 Å². The van der Waals surface area contributed by atoms with E-state index >= 15 is 0 Å². The van der Waals surface area contributed by atoms with E-state index < -0.39 is 0 Å². The average Bonchev–Trinajstić information content (AvgIpc) is 2.97. The highest BCUT2D eigenvalue weighted by molar-refractivity contribution is 5.84. The molecular weight excluding hydrogens is 291 g/mol. The molecule has 0 aliphatic heterocycles. The van der Waals surface area contributed by atoms with E-state index in [1.165, 1.54) is 12.1 Å². The Hall–Kier alpha value is -2.62. The normalized spacial score (nSPS) is 12.3. The number of fused-ring (bicyclic) bond motifs is 1. The standard InChI is InChI=1S/C19H19FN2O/c1-13(10-15-12-21-18-5-3-2-4-17(15)18)19(23)22-11-14-6-8-16(20)9-7-14/h2-9,12-13,21H,10-11H2,1H3,(H,22,23). The zero-order chi connectivity index (χ0) is 16.2. The molecule has 0 saturated carbocycles. The second-order valence-corrected chi connectivity index (χ2v) is 5.81. The number of amides is 1. The van der Waals surface area contributed by atoms with Crippen LogP contribution < -0.4 is 5.32 Å². The van der Waals surface area contributed by atoms with Gasteiger partial charge in [0.15, 0.2) is 0 Å². The molecule has 4 heteroatoms. The van der Waals surface area contributed by atoms with E-state index in [-0.39, 0.29) is 17.6 Å². The fourth-order valence-electron chi connectivity index (χ4n) is 2.69. The molecule has 0 aliphatic rings. The lowest BCUT2D eigenvalue weighted by atomic mass is 10.00. The van der Waals surface area contributed by atoms with Crippen LogP contribution in [0.25, 0.3) is 10.9 Å². The highest BCUT2D eigenvalue weighted by Gasteiger charge is 2.15. The van der Waals surface area contributed by atoms with Crippen LogP contribution in [-0.2, 0) is 17.8 Å². The number of hydrogen-bond donors (Lipinski definition) is 2. The number of halogens is 1. The van der Waals surface area contributed by atoms with Crippen LogP contribution in [0.3, 0.4) is 0 Å². The van der Waals surface area contributed by atoms with Gasteiger partial charge in [-0.1, -0.05) is 37.3 Å². The summed E-state index contributed by atoms with van der Waals surface area (Å²) >= 11 is 0. The molecule has 3 rings (SSSR count). The molecule has 1 aromatic heterocycles. The van der Waals surface area contributed by atoms with Gasteiger partial charge in [-0.25, -0.2) is 4.39 Å². The van der Waals surface area contributed by atoms with Gasteiger partial charge >= 0.3 is 0 Å². The second kappa shape index (κ2) is 6.65. The van der Waals surface area contributed by atoms with Crippen molar-refractivity contribution in [3.05, 3.63) is 71.7 Å². The average molecular weight is 310 g/mol. The predicted octanol–water partition coefficient (Wildman–Crippen LogP) is 3.80. The fourth-order valence-corrected chi connectivity index (χ4v) is 2.69. The van der Waals surface area contributed by atoms with Gasteiger partial charge in [0.1, 0.15) is 5.82 Å². The summed E-state index contributed by atoms with van der Waals surface area (Å²) in [5, 5.41) is 4.07. The highest BCUT2D eigenvalue weighted by Crippen LogP contribution is 2.20. The molecule has 2 N–H and O–H groups in total. The Bertz CT molecular complexity index is 808. The highest BCUT2D eigenvalue weighted by atomic mass is 19.1. The van der Waals surface area contributed by atoms with Gasteiger partial charge in [-0.3, -0.25) is 4.79 Å². The summed E-state index contributed by atoms with van der Waals surface area (Å²) < 4.78 is 12.9. The van der Waals surface area contributed by atoms with Crippen LogP contribution in [0, 0.1) is 11.7 Å². The maximum absolute atomic E-state index is 12.9. The molecule has 0 spiro atoms. The molecule has 1 atom stereocenters. The van der Waals surface area contributed by atoms with Crippen LogP contribution in [0.1, 0.15) is 18.1 Å². The largest absolute Gasteiger partial charge is 0.361 e.